The topological polar surface area (TPSA) is 26.0 Å². The van der Waals surface area contributed by atoms with E-state index in [0.717, 1.165) is 6.42 Å². The zero-order valence-electron chi connectivity index (χ0n) is 9.56. The molecule has 2 aromatic carbocycles. The number of rotatable bonds is 1. The van der Waals surface area contributed by atoms with Crippen LogP contribution in [0.1, 0.15) is 24.8 Å². The average molecular weight is 211 g/mol. The van der Waals surface area contributed by atoms with Crippen LogP contribution in [-0.2, 0) is 0 Å². The molecule has 0 bridgehead atoms. The zero-order chi connectivity index (χ0) is 11.1. The summed E-state index contributed by atoms with van der Waals surface area (Å²) in [5, 5.41) is 2.74. The molecule has 2 N–H and O–H groups in total. The van der Waals surface area contributed by atoms with Gasteiger partial charge in [0.2, 0.25) is 0 Å². The number of hydrogen-bond acceptors (Lipinski definition) is 1. The molecule has 1 saturated carbocycles. The van der Waals surface area contributed by atoms with Crippen LogP contribution in [0.4, 0.5) is 0 Å². The van der Waals surface area contributed by atoms with Gasteiger partial charge >= 0.3 is 0 Å². The van der Waals surface area contributed by atoms with E-state index in [4.69, 9.17) is 5.73 Å². The second-order valence-electron chi connectivity index (χ2n) is 4.93. The lowest BCUT2D eigenvalue weighted by Gasteiger charge is -2.41. The van der Waals surface area contributed by atoms with Gasteiger partial charge < -0.3 is 5.73 Å². The van der Waals surface area contributed by atoms with Crippen molar-refractivity contribution in [3.8, 4) is 0 Å². The minimum Gasteiger partial charge on any atom is -0.327 e. The van der Waals surface area contributed by atoms with Crippen LogP contribution in [0.3, 0.4) is 0 Å². The largest absolute Gasteiger partial charge is 0.327 e. The average Bonchev–Trinajstić information content (AvgIpc) is 2.35. The van der Waals surface area contributed by atoms with Crippen LogP contribution in [-0.4, -0.2) is 6.04 Å². The number of fused-ring (bicyclic) bond motifs is 1. The van der Waals surface area contributed by atoms with Crippen molar-refractivity contribution in [3.05, 3.63) is 48.0 Å². The third kappa shape index (κ3) is 1.35. The van der Waals surface area contributed by atoms with E-state index in [1.165, 1.54) is 16.3 Å². The van der Waals surface area contributed by atoms with Crippen LogP contribution in [0.2, 0.25) is 0 Å². The third-order valence-electron chi connectivity index (χ3n) is 4.06. The minimum absolute atomic E-state index is 0.393. The summed E-state index contributed by atoms with van der Waals surface area (Å²) in [6, 6.07) is 15.6. The Morgan fingerprint density at radius 1 is 1.06 bits per heavy atom. The summed E-state index contributed by atoms with van der Waals surface area (Å²) in [6.07, 6.45) is 1.13. The van der Waals surface area contributed by atoms with Gasteiger partial charge in [-0.1, -0.05) is 49.4 Å². The van der Waals surface area contributed by atoms with Crippen LogP contribution >= 0.6 is 0 Å². The highest BCUT2D eigenvalue weighted by molar-refractivity contribution is 5.86. The van der Waals surface area contributed by atoms with Crippen LogP contribution in [0.25, 0.3) is 10.8 Å². The van der Waals surface area contributed by atoms with Crippen molar-refractivity contribution >= 4 is 10.8 Å². The molecule has 3 atom stereocenters. The van der Waals surface area contributed by atoms with Gasteiger partial charge in [0.15, 0.2) is 0 Å². The fourth-order valence-electron chi connectivity index (χ4n) is 2.81. The molecule has 0 heterocycles. The molecule has 1 aliphatic rings. The Labute approximate surface area is 96.3 Å². The van der Waals surface area contributed by atoms with Crippen molar-refractivity contribution in [2.75, 3.05) is 0 Å². The van der Waals surface area contributed by atoms with Crippen molar-refractivity contribution in [2.24, 2.45) is 11.7 Å². The molecule has 0 saturated heterocycles. The van der Waals surface area contributed by atoms with Crippen LogP contribution in [0.15, 0.2) is 42.5 Å². The lowest BCUT2D eigenvalue weighted by Crippen LogP contribution is -2.44. The molecule has 3 rings (SSSR count). The molecule has 2 aromatic rings. The second-order valence-corrected chi connectivity index (χ2v) is 4.93. The molecule has 0 aromatic heterocycles. The molecule has 0 aliphatic heterocycles. The van der Waals surface area contributed by atoms with Crippen molar-refractivity contribution in [2.45, 2.75) is 25.3 Å². The number of hydrogen-bond donors (Lipinski definition) is 1. The summed E-state index contributed by atoms with van der Waals surface area (Å²) in [4.78, 5) is 0. The summed E-state index contributed by atoms with van der Waals surface area (Å²) in [5.41, 5.74) is 7.47. The van der Waals surface area contributed by atoms with E-state index in [1.54, 1.807) is 0 Å². The first-order valence-electron chi connectivity index (χ1n) is 6.00. The van der Waals surface area contributed by atoms with Gasteiger partial charge in [0.1, 0.15) is 0 Å². The fourth-order valence-corrected chi connectivity index (χ4v) is 2.81. The molecule has 1 heteroatoms. The smallest absolute Gasteiger partial charge is 0.00763 e. The summed E-state index contributed by atoms with van der Waals surface area (Å²) >= 11 is 0. The quantitative estimate of drug-likeness (QED) is 0.769. The fraction of sp³-hybridized carbons (Fsp3) is 0.333. The van der Waals surface area contributed by atoms with Crippen molar-refractivity contribution in [1.29, 1.82) is 0 Å². The van der Waals surface area contributed by atoms with Gasteiger partial charge in [0.25, 0.3) is 0 Å². The molecule has 3 unspecified atom stereocenters. The first-order chi connectivity index (χ1) is 7.77. The maximum atomic E-state index is 5.99. The molecule has 1 aliphatic carbocycles. The molecular weight excluding hydrogens is 194 g/mol. The summed E-state index contributed by atoms with van der Waals surface area (Å²) < 4.78 is 0. The highest BCUT2D eigenvalue weighted by atomic mass is 14.7. The summed E-state index contributed by atoms with van der Waals surface area (Å²) in [7, 11) is 0. The molecule has 82 valence electrons. The van der Waals surface area contributed by atoms with E-state index in [-0.39, 0.29) is 0 Å². The van der Waals surface area contributed by atoms with E-state index in [0.29, 0.717) is 17.9 Å². The first kappa shape index (κ1) is 9.86. The van der Waals surface area contributed by atoms with E-state index < -0.39 is 0 Å². The lowest BCUT2D eigenvalue weighted by atomic mass is 9.67. The van der Waals surface area contributed by atoms with Gasteiger partial charge in [0.05, 0.1) is 0 Å². The Hall–Kier alpha value is -1.34. The van der Waals surface area contributed by atoms with Gasteiger partial charge in [-0.15, -0.1) is 0 Å². The SMILES string of the molecule is CC1C(N)CC1c1cccc2ccccc12. The lowest BCUT2D eigenvalue weighted by molar-refractivity contribution is 0.228. The van der Waals surface area contributed by atoms with Gasteiger partial charge in [-0.05, 0) is 34.6 Å². The Morgan fingerprint density at radius 3 is 2.56 bits per heavy atom. The highest BCUT2D eigenvalue weighted by Crippen LogP contribution is 2.43. The van der Waals surface area contributed by atoms with E-state index in [1.807, 2.05) is 0 Å². The second kappa shape index (κ2) is 3.60. The van der Waals surface area contributed by atoms with E-state index in [9.17, 15) is 0 Å². The Balaban J connectivity index is 2.10. The van der Waals surface area contributed by atoms with Crippen LogP contribution in [0, 0.1) is 5.92 Å². The predicted octanol–water partition coefficient (Wildman–Crippen LogP) is 3.29. The van der Waals surface area contributed by atoms with Crippen molar-refractivity contribution in [3.63, 3.8) is 0 Å². The maximum absolute atomic E-state index is 5.99. The highest BCUT2D eigenvalue weighted by Gasteiger charge is 2.36. The molecular formula is C15H17N. The minimum atomic E-state index is 0.393. The third-order valence-corrected chi connectivity index (χ3v) is 4.06. The van der Waals surface area contributed by atoms with Crippen molar-refractivity contribution < 1.29 is 0 Å². The standard InChI is InChI=1S/C15H17N/c1-10-14(9-15(10)16)13-8-4-6-11-5-2-3-7-12(11)13/h2-8,10,14-15H,9,16H2,1H3. The number of nitrogens with two attached hydrogens (primary N) is 1. The monoisotopic (exact) mass is 211 g/mol. The number of benzene rings is 2. The van der Waals surface area contributed by atoms with E-state index >= 15 is 0 Å². The van der Waals surface area contributed by atoms with Crippen molar-refractivity contribution in [1.82, 2.24) is 0 Å². The normalized spacial score (nSPS) is 29.0. The summed E-state index contributed by atoms with van der Waals surface area (Å²) in [5.74, 6) is 1.27. The van der Waals surface area contributed by atoms with Crippen LogP contribution < -0.4 is 5.73 Å². The molecule has 0 amide bonds. The maximum Gasteiger partial charge on any atom is 0.00763 e. The summed E-state index contributed by atoms with van der Waals surface area (Å²) in [6.45, 7) is 2.26. The Kier molecular flexibility index (Phi) is 2.22. The Morgan fingerprint density at radius 2 is 1.81 bits per heavy atom. The van der Waals surface area contributed by atoms with Gasteiger partial charge in [-0.25, -0.2) is 0 Å². The molecule has 1 fully saturated rings. The van der Waals surface area contributed by atoms with E-state index in [2.05, 4.69) is 49.4 Å². The molecule has 16 heavy (non-hydrogen) atoms. The van der Waals surface area contributed by atoms with Gasteiger partial charge in [0, 0.05) is 6.04 Å². The zero-order valence-corrected chi connectivity index (χ0v) is 9.56. The van der Waals surface area contributed by atoms with Gasteiger partial charge in [-0.3, -0.25) is 0 Å². The predicted molar refractivity (Wildman–Crippen MR) is 68.4 cm³/mol. The molecule has 0 spiro atoms. The first-order valence-corrected chi connectivity index (χ1v) is 6.00. The Bertz CT molecular complexity index is 512. The molecule has 1 nitrogen and oxygen atoms in total. The van der Waals surface area contributed by atoms with Gasteiger partial charge in [-0.2, -0.15) is 0 Å². The van der Waals surface area contributed by atoms with Crippen LogP contribution in [0.5, 0.6) is 0 Å². The molecule has 0 radical (unpaired) electrons.